The average Bonchev–Trinajstić information content (AvgIpc) is 1.28. The molecule has 0 saturated heterocycles. The molecule has 6 heterocycles. The lowest BCUT2D eigenvalue weighted by Gasteiger charge is -2.41. The number of fused-ring (bicyclic) bond motifs is 16. The van der Waals surface area contributed by atoms with Crippen molar-refractivity contribution in [2.75, 3.05) is 0 Å². The molecule has 19 rings (SSSR count). The van der Waals surface area contributed by atoms with Gasteiger partial charge in [-0.2, -0.15) is 0 Å². The Morgan fingerprint density at radius 2 is 0.674 bits per heavy atom. The van der Waals surface area contributed by atoms with Crippen molar-refractivity contribution in [3.8, 4) is 56.6 Å². The molecule has 0 amide bonds. The Morgan fingerprint density at radius 1 is 0.326 bits per heavy atom. The van der Waals surface area contributed by atoms with Gasteiger partial charge < -0.3 is 18.6 Å². The maximum absolute atomic E-state index is 8.05. The number of aryl methyl sites for hydroxylation is 2. The first kappa shape index (κ1) is 50.5. The van der Waals surface area contributed by atoms with Gasteiger partial charge in [0.2, 0.25) is 0 Å². The Kier molecular flexibility index (Phi) is 11.4. The molecule has 0 N–H and O–H groups in total. The van der Waals surface area contributed by atoms with E-state index >= 15 is 0 Å². The molecule has 4 aliphatic heterocycles. The van der Waals surface area contributed by atoms with E-state index < -0.39 is 0 Å². The normalized spacial score (nSPS) is 18.3. The van der Waals surface area contributed by atoms with Gasteiger partial charge in [0, 0.05) is 43.5 Å². The molecule has 0 unspecified atom stereocenters. The highest BCUT2D eigenvalue weighted by atomic mass is 16.5. The molecule has 0 spiro atoms. The average molecular weight is 1120 g/mol. The topological polar surface area (TPSA) is 28.3 Å². The van der Waals surface area contributed by atoms with Crippen LogP contribution in [0.5, 0.6) is 23.0 Å². The number of ether oxygens (including phenoxy) is 2. The Morgan fingerprint density at radius 3 is 1.06 bits per heavy atom. The van der Waals surface area contributed by atoms with Crippen LogP contribution in [0.15, 0.2) is 146 Å². The third-order valence-electron chi connectivity index (χ3n) is 23.1. The van der Waals surface area contributed by atoms with E-state index in [1.54, 1.807) is 0 Å². The number of rotatable bonds is 6. The van der Waals surface area contributed by atoms with E-state index in [2.05, 4.69) is 169 Å². The molecular weight excluding hydrogens is 1040 g/mol. The van der Waals surface area contributed by atoms with Gasteiger partial charge in [-0.1, -0.05) is 185 Å². The fourth-order valence-electron chi connectivity index (χ4n) is 18.7. The van der Waals surface area contributed by atoms with E-state index in [9.17, 15) is 0 Å². The second-order valence-corrected chi connectivity index (χ2v) is 28.1. The predicted octanol–water partition coefficient (Wildman–Crippen LogP) is 17.9. The minimum atomic E-state index is -0.117. The molecule has 8 aliphatic rings. The minimum Gasteiger partial charge on any atom is -0.456 e. The van der Waals surface area contributed by atoms with Crippen LogP contribution in [0, 0.1) is 13.8 Å². The fraction of sp³-hybridized carbons (Fsp3) is 0.325. The van der Waals surface area contributed by atoms with Crippen molar-refractivity contribution in [1.82, 2.24) is 9.13 Å². The number of hydrogen-bond donors (Lipinski definition) is 0. The van der Waals surface area contributed by atoms with E-state index in [4.69, 9.17) is 9.47 Å². The lowest BCUT2D eigenvalue weighted by molar-refractivity contribution is 0.444. The molecule has 4 nitrogen and oxygen atoms in total. The van der Waals surface area contributed by atoms with Crippen LogP contribution in [-0.2, 0) is 0 Å². The minimum absolute atomic E-state index is 0.117. The molecular formula is C80H74B2N2O2. The molecule has 2 aromatic heterocycles. The maximum atomic E-state index is 8.05. The van der Waals surface area contributed by atoms with E-state index in [1.807, 2.05) is 0 Å². The third kappa shape index (κ3) is 7.49. The second-order valence-electron chi connectivity index (χ2n) is 28.1. The van der Waals surface area contributed by atoms with Crippen LogP contribution in [0.1, 0.15) is 185 Å². The summed E-state index contributed by atoms with van der Waals surface area (Å²) in [6, 6.07) is 58.7. The van der Waals surface area contributed by atoms with E-state index in [-0.39, 0.29) is 13.4 Å². The first-order valence-corrected chi connectivity index (χ1v) is 33.7. The van der Waals surface area contributed by atoms with Gasteiger partial charge in [0.25, 0.3) is 13.4 Å². The molecule has 6 heteroatoms. The number of aromatic nitrogens is 2. The summed E-state index contributed by atoms with van der Waals surface area (Å²) >= 11 is 0. The zero-order chi connectivity index (χ0) is 56.5. The number of nitrogens with zero attached hydrogens (tertiary/aromatic N) is 2. The van der Waals surface area contributed by atoms with Gasteiger partial charge in [-0.25, -0.2) is 0 Å². The fourth-order valence-corrected chi connectivity index (χ4v) is 18.7. The SMILES string of the molecule is Cc1ccc(-c2ccc3c(c2)B2c4c(c5c6c(c4-n4c7ccc(C8CCCCC8)cc7c7cc(C8CCCCC8)cc2c74)Oc2ccc(-c4ccc(C)cc4)cc2B6c2cc(C4CCCCC4)cc4c6cc(C7CCCCC7)ccc6n-5c24)O3)cc1. The quantitative estimate of drug-likeness (QED) is 0.155. The largest absolute Gasteiger partial charge is 0.456 e. The van der Waals surface area contributed by atoms with Crippen molar-refractivity contribution < 1.29 is 9.47 Å². The summed E-state index contributed by atoms with van der Waals surface area (Å²) in [6.45, 7) is 4.15. The van der Waals surface area contributed by atoms with Crippen LogP contribution in [0.25, 0.3) is 77.2 Å². The van der Waals surface area contributed by atoms with E-state index in [1.165, 1.54) is 260 Å². The van der Waals surface area contributed by atoms with Crippen molar-refractivity contribution in [2.24, 2.45) is 0 Å². The highest BCUT2D eigenvalue weighted by Gasteiger charge is 2.51. The number of hydrogen-bond acceptors (Lipinski definition) is 2. The van der Waals surface area contributed by atoms with Gasteiger partial charge in [-0.3, -0.25) is 0 Å². The molecule has 4 fully saturated rings. The van der Waals surface area contributed by atoms with Crippen LogP contribution in [-0.4, -0.2) is 22.6 Å². The molecule has 9 aromatic carbocycles. The Bertz CT molecular complexity index is 4360. The van der Waals surface area contributed by atoms with Crippen LogP contribution >= 0.6 is 0 Å². The van der Waals surface area contributed by atoms with Crippen LogP contribution < -0.4 is 42.3 Å². The van der Waals surface area contributed by atoms with Crippen molar-refractivity contribution in [3.05, 3.63) is 179 Å². The zero-order valence-corrected chi connectivity index (χ0v) is 50.2. The lowest BCUT2D eigenvalue weighted by Crippen LogP contribution is -2.63. The summed E-state index contributed by atoms with van der Waals surface area (Å²) in [7, 11) is 0. The summed E-state index contributed by atoms with van der Waals surface area (Å²) in [4.78, 5) is 0. The van der Waals surface area contributed by atoms with Crippen molar-refractivity contribution in [3.63, 3.8) is 0 Å². The first-order valence-electron chi connectivity index (χ1n) is 33.7. The number of benzene rings is 9. The summed E-state index contributed by atoms with van der Waals surface area (Å²) in [5.74, 6) is 6.16. The smallest absolute Gasteiger partial charge is 0.256 e. The highest BCUT2D eigenvalue weighted by Crippen LogP contribution is 2.51. The maximum Gasteiger partial charge on any atom is 0.256 e. The lowest BCUT2D eigenvalue weighted by atomic mass is 9.31. The highest BCUT2D eigenvalue weighted by molar-refractivity contribution is 7.02. The standard InChI is InChI=1S/C80H74B2N2O2/c1-47-23-27-53(28-24-47)57-33-37-71-65(43-57)81-67-45-59(51-19-11-5-12-20-51)41-63-61-39-55(49-15-7-3-8-16-49)31-35-69(61)83(75(63)67)77-73(81)79(85-71)78-74-80(77)86-72-38-34-58(54-29-25-48(2)26-30-54)44-66(72)82(74)68-46-60(52-21-13-6-14-22-52)42-64-62-40-56(50-17-9-4-10-18-50)32-36-70(62)84(78)76(64)68/h23-46,49-52H,3-22H2,1-2H3. The van der Waals surface area contributed by atoms with Crippen molar-refractivity contribution in [1.29, 1.82) is 0 Å². The summed E-state index contributed by atoms with van der Waals surface area (Å²) in [5, 5.41) is 5.58. The van der Waals surface area contributed by atoms with Gasteiger partial charge >= 0.3 is 0 Å². The van der Waals surface area contributed by atoms with E-state index in [0.29, 0.717) is 23.7 Å². The molecule has 0 radical (unpaired) electrons. The van der Waals surface area contributed by atoms with Gasteiger partial charge in [0.15, 0.2) is 0 Å². The molecule has 4 aliphatic carbocycles. The molecule has 0 atom stereocenters. The zero-order valence-electron chi connectivity index (χ0n) is 50.2. The van der Waals surface area contributed by atoms with Gasteiger partial charge in [0.05, 0.1) is 22.4 Å². The van der Waals surface area contributed by atoms with Crippen molar-refractivity contribution >= 4 is 89.8 Å². The van der Waals surface area contributed by atoms with E-state index in [0.717, 1.165) is 34.4 Å². The first-order chi connectivity index (χ1) is 42.5. The predicted molar refractivity (Wildman–Crippen MR) is 361 cm³/mol. The Labute approximate surface area is 507 Å². The second kappa shape index (κ2) is 19.4. The Hall–Kier alpha value is -7.69. The van der Waals surface area contributed by atoms with Crippen LogP contribution in [0.3, 0.4) is 0 Å². The van der Waals surface area contributed by atoms with Gasteiger partial charge in [-0.05, 0) is 204 Å². The summed E-state index contributed by atoms with van der Waals surface area (Å²) in [5.41, 5.74) is 28.9. The molecule has 4 saturated carbocycles. The molecule has 0 bridgehead atoms. The van der Waals surface area contributed by atoms with Crippen LogP contribution in [0.2, 0.25) is 0 Å². The summed E-state index contributed by atoms with van der Waals surface area (Å²) in [6.07, 6.45) is 25.9. The Balaban J connectivity index is 0.966. The third-order valence-corrected chi connectivity index (χ3v) is 23.1. The molecule has 422 valence electrons. The summed E-state index contributed by atoms with van der Waals surface area (Å²) < 4.78 is 21.5. The van der Waals surface area contributed by atoms with Gasteiger partial charge in [0.1, 0.15) is 23.0 Å². The molecule has 11 aromatic rings. The van der Waals surface area contributed by atoms with Gasteiger partial charge in [-0.15, -0.1) is 0 Å². The van der Waals surface area contributed by atoms with Crippen molar-refractivity contribution in [2.45, 2.75) is 166 Å². The monoisotopic (exact) mass is 1120 g/mol. The molecule has 86 heavy (non-hydrogen) atoms. The van der Waals surface area contributed by atoms with Crippen LogP contribution in [0.4, 0.5) is 0 Å².